The van der Waals surface area contributed by atoms with Crippen LogP contribution in [0.2, 0.25) is 0 Å². The van der Waals surface area contributed by atoms with Gasteiger partial charge in [-0.1, -0.05) is 20.8 Å². The summed E-state index contributed by atoms with van der Waals surface area (Å²) in [5, 5.41) is 19.8. The Hall–Kier alpha value is -3.36. The van der Waals surface area contributed by atoms with Crippen LogP contribution in [0.25, 0.3) is 11.4 Å². The number of anilines is 1. The van der Waals surface area contributed by atoms with E-state index in [0.717, 1.165) is 48.2 Å². The van der Waals surface area contributed by atoms with Crippen LogP contribution in [0.15, 0.2) is 30.3 Å². The normalized spacial score (nSPS) is 16.0. The molecule has 1 atom stereocenters. The maximum absolute atomic E-state index is 10.9. The van der Waals surface area contributed by atoms with Crippen LogP contribution in [-0.2, 0) is 13.0 Å². The smallest absolute Gasteiger partial charge is 0.269 e. The van der Waals surface area contributed by atoms with Crippen molar-refractivity contribution >= 4 is 11.5 Å². The summed E-state index contributed by atoms with van der Waals surface area (Å²) in [7, 11) is 0. The highest BCUT2D eigenvalue weighted by molar-refractivity contribution is 5.60. The Morgan fingerprint density at radius 1 is 1.17 bits per heavy atom. The highest BCUT2D eigenvalue weighted by Crippen LogP contribution is 2.32. The monoisotopic (exact) mass is 407 g/mol. The summed E-state index contributed by atoms with van der Waals surface area (Å²) >= 11 is 0. The first-order valence-electron chi connectivity index (χ1n) is 10.2. The third-order valence-corrected chi connectivity index (χ3v) is 5.49. The first kappa shape index (κ1) is 19.9. The molecular formula is C21H25N7O2. The lowest BCUT2D eigenvalue weighted by Gasteiger charge is -2.35. The van der Waals surface area contributed by atoms with Gasteiger partial charge in [0.15, 0.2) is 11.6 Å². The number of hydrogen-bond acceptors (Lipinski definition) is 7. The molecule has 0 amide bonds. The van der Waals surface area contributed by atoms with Crippen molar-refractivity contribution in [1.82, 2.24) is 24.7 Å². The third-order valence-electron chi connectivity index (χ3n) is 5.49. The van der Waals surface area contributed by atoms with Crippen LogP contribution in [0.4, 0.5) is 11.5 Å². The number of nitro groups is 1. The highest BCUT2D eigenvalue weighted by Gasteiger charge is 2.30. The Morgan fingerprint density at radius 3 is 2.53 bits per heavy atom. The molecule has 1 aliphatic rings. The molecule has 3 aromatic rings. The zero-order chi connectivity index (χ0) is 21.4. The molecule has 4 rings (SSSR count). The second-order valence-corrected chi connectivity index (χ2v) is 7.79. The number of aryl methyl sites for hydroxylation is 1. The van der Waals surface area contributed by atoms with E-state index in [1.165, 1.54) is 12.1 Å². The Labute approximate surface area is 175 Å². The van der Waals surface area contributed by atoms with Crippen LogP contribution in [0.3, 0.4) is 0 Å². The van der Waals surface area contributed by atoms with Gasteiger partial charge in [0, 0.05) is 48.5 Å². The number of rotatable bonds is 5. The van der Waals surface area contributed by atoms with Crippen molar-refractivity contribution in [3.63, 3.8) is 0 Å². The number of benzene rings is 1. The molecule has 2 aromatic heterocycles. The second kappa shape index (κ2) is 7.81. The van der Waals surface area contributed by atoms with Gasteiger partial charge in [0.2, 0.25) is 0 Å². The van der Waals surface area contributed by atoms with E-state index in [2.05, 4.69) is 52.3 Å². The Bertz CT molecular complexity index is 1080. The molecule has 3 heterocycles. The van der Waals surface area contributed by atoms with Gasteiger partial charge in [0.05, 0.1) is 11.0 Å². The van der Waals surface area contributed by atoms with E-state index >= 15 is 0 Å². The maximum Gasteiger partial charge on any atom is 0.269 e. The molecule has 0 saturated carbocycles. The number of non-ortho nitro benzene ring substituents is 1. The van der Waals surface area contributed by atoms with Crippen LogP contribution in [0.1, 0.15) is 57.0 Å². The van der Waals surface area contributed by atoms with E-state index in [4.69, 9.17) is 4.98 Å². The topological polar surface area (TPSA) is 103 Å². The van der Waals surface area contributed by atoms with Crippen molar-refractivity contribution in [3.05, 3.63) is 57.8 Å². The minimum absolute atomic E-state index is 0.0306. The van der Waals surface area contributed by atoms with E-state index in [-0.39, 0.29) is 11.7 Å². The largest absolute Gasteiger partial charge is 0.345 e. The van der Waals surface area contributed by atoms with Gasteiger partial charge in [-0.25, -0.2) is 9.97 Å². The molecule has 1 aromatic carbocycles. The molecule has 0 saturated heterocycles. The van der Waals surface area contributed by atoms with E-state index in [1.807, 2.05) is 6.07 Å². The van der Waals surface area contributed by atoms with Crippen molar-refractivity contribution < 1.29 is 4.92 Å². The maximum atomic E-state index is 10.9. The van der Waals surface area contributed by atoms with E-state index in [9.17, 15) is 10.1 Å². The van der Waals surface area contributed by atoms with Gasteiger partial charge >= 0.3 is 0 Å². The molecule has 0 fully saturated rings. The van der Waals surface area contributed by atoms with E-state index < -0.39 is 4.92 Å². The van der Waals surface area contributed by atoms with Crippen molar-refractivity contribution in [1.29, 1.82) is 0 Å². The SMILES string of the molecule is CCc1cc(N2CCn3c(C(C)C)nnc3C2C)nc(-c2ccc([N+](=O)[O-])cc2)n1. The molecule has 30 heavy (non-hydrogen) atoms. The van der Waals surface area contributed by atoms with Gasteiger partial charge in [-0.2, -0.15) is 0 Å². The zero-order valence-corrected chi connectivity index (χ0v) is 17.6. The number of fused-ring (bicyclic) bond motifs is 1. The number of nitrogens with zero attached hydrogens (tertiary/aromatic N) is 7. The summed E-state index contributed by atoms with van der Waals surface area (Å²) in [6, 6.07) is 8.40. The average molecular weight is 407 g/mol. The summed E-state index contributed by atoms with van der Waals surface area (Å²) in [6.45, 7) is 10.0. The molecule has 156 valence electrons. The lowest BCUT2D eigenvalue weighted by molar-refractivity contribution is -0.384. The summed E-state index contributed by atoms with van der Waals surface area (Å²) in [6.07, 6.45) is 0.769. The molecule has 0 aliphatic carbocycles. The molecular weight excluding hydrogens is 382 g/mol. The van der Waals surface area contributed by atoms with Gasteiger partial charge in [-0.05, 0) is 25.5 Å². The summed E-state index contributed by atoms with van der Waals surface area (Å²) in [4.78, 5) is 22.2. The van der Waals surface area contributed by atoms with Gasteiger partial charge < -0.3 is 9.47 Å². The summed E-state index contributed by atoms with van der Waals surface area (Å²) < 4.78 is 2.21. The number of hydrogen-bond donors (Lipinski definition) is 0. The molecule has 0 spiro atoms. The van der Waals surface area contributed by atoms with E-state index in [0.29, 0.717) is 11.7 Å². The Balaban J connectivity index is 1.70. The summed E-state index contributed by atoms with van der Waals surface area (Å²) in [5.74, 6) is 3.69. The standard InChI is InChI=1S/C21H25N7O2/c1-5-16-12-18(23-19(22-16)15-6-8-17(9-7-15)28(29)30)26-10-11-27-20(13(2)3)24-25-21(27)14(26)4/h6-9,12-14H,5,10-11H2,1-4H3. The quantitative estimate of drug-likeness (QED) is 0.466. The van der Waals surface area contributed by atoms with Gasteiger partial charge in [-0.15, -0.1) is 10.2 Å². The average Bonchev–Trinajstić information content (AvgIpc) is 3.19. The number of nitro benzene ring substituents is 1. The van der Waals surface area contributed by atoms with Crippen molar-refractivity contribution in [2.45, 2.75) is 52.6 Å². The predicted molar refractivity (Wildman–Crippen MR) is 113 cm³/mol. The summed E-state index contributed by atoms with van der Waals surface area (Å²) in [5.41, 5.74) is 1.73. The fourth-order valence-corrected chi connectivity index (χ4v) is 3.82. The minimum atomic E-state index is -0.407. The first-order chi connectivity index (χ1) is 14.4. The van der Waals surface area contributed by atoms with Crippen LogP contribution in [-0.4, -0.2) is 36.2 Å². The number of aromatic nitrogens is 5. The predicted octanol–water partition coefficient (Wildman–Crippen LogP) is 3.91. The molecule has 9 nitrogen and oxygen atoms in total. The first-order valence-corrected chi connectivity index (χ1v) is 10.2. The third kappa shape index (κ3) is 3.51. The Kier molecular flexibility index (Phi) is 5.19. The molecule has 0 bridgehead atoms. The second-order valence-electron chi connectivity index (χ2n) is 7.79. The van der Waals surface area contributed by atoms with Gasteiger partial charge in [0.1, 0.15) is 11.6 Å². The molecule has 9 heteroatoms. The van der Waals surface area contributed by atoms with Crippen LogP contribution in [0, 0.1) is 10.1 Å². The van der Waals surface area contributed by atoms with Gasteiger partial charge in [-0.3, -0.25) is 10.1 Å². The van der Waals surface area contributed by atoms with Crippen LogP contribution in [0.5, 0.6) is 0 Å². The lowest BCUT2D eigenvalue weighted by atomic mass is 10.1. The molecule has 1 unspecified atom stereocenters. The lowest BCUT2D eigenvalue weighted by Crippen LogP contribution is -2.38. The molecule has 0 radical (unpaired) electrons. The minimum Gasteiger partial charge on any atom is -0.345 e. The fourth-order valence-electron chi connectivity index (χ4n) is 3.82. The molecule has 0 N–H and O–H groups in total. The fraction of sp³-hybridized carbons (Fsp3) is 0.429. The Morgan fingerprint density at radius 2 is 1.90 bits per heavy atom. The highest BCUT2D eigenvalue weighted by atomic mass is 16.6. The van der Waals surface area contributed by atoms with Crippen molar-refractivity contribution in [2.75, 3.05) is 11.4 Å². The van der Waals surface area contributed by atoms with Crippen LogP contribution >= 0.6 is 0 Å². The van der Waals surface area contributed by atoms with Gasteiger partial charge in [0.25, 0.3) is 5.69 Å². The zero-order valence-electron chi connectivity index (χ0n) is 17.6. The van der Waals surface area contributed by atoms with E-state index in [1.54, 1.807) is 12.1 Å². The van der Waals surface area contributed by atoms with Crippen LogP contribution < -0.4 is 4.90 Å². The van der Waals surface area contributed by atoms with Crippen molar-refractivity contribution in [2.24, 2.45) is 0 Å². The van der Waals surface area contributed by atoms with Crippen molar-refractivity contribution in [3.8, 4) is 11.4 Å². The molecule has 1 aliphatic heterocycles.